The molecule has 0 bridgehead atoms. The first-order valence-corrected chi connectivity index (χ1v) is 6.96. The lowest BCUT2D eigenvalue weighted by molar-refractivity contribution is -0.118. The molecule has 1 aromatic carbocycles. The van der Waals surface area contributed by atoms with E-state index in [1.54, 1.807) is 11.6 Å². The summed E-state index contributed by atoms with van der Waals surface area (Å²) in [5, 5.41) is 0. The van der Waals surface area contributed by atoms with Crippen molar-refractivity contribution in [2.24, 2.45) is 12.8 Å². The molecule has 0 unspecified atom stereocenters. The van der Waals surface area contributed by atoms with Crippen molar-refractivity contribution < 1.29 is 4.79 Å². The molecule has 1 aromatic rings. The molecule has 0 spiro atoms. The SMILES string of the molecule is Cc1cc2nc3c(=O)n(CC(N)=O)c(=O)nc-3n(C)c2cc1C. The molecule has 23 heavy (non-hydrogen) atoms. The van der Waals surface area contributed by atoms with Gasteiger partial charge in [0.25, 0.3) is 5.56 Å². The van der Waals surface area contributed by atoms with Gasteiger partial charge in [-0.25, -0.2) is 14.3 Å². The number of aromatic nitrogens is 4. The van der Waals surface area contributed by atoms with Crippen LogP contribution in [-0.4, -0.2) is 25.0 Å². The molecule has 0 radical (unpaired) electrons. The zero-order chi connectivity index (χ0) is 16.9. The minimum absolute atomic E-state index is 0.0316. The number of benzene rings is 1. The van der Waals surface area contributed by atoms with Crippen molar-refractivity contribution in [1.29, 1.82) is 0 Å². The first-order chi connectivity index (χ1) is 10.8. The van der Waals surface area contributed by atoms with Crippen LogP contribution in [0.4, 0.5) is 0 Å². The van der Waals surface area contributed by atoms with E-state index >= 15 is 0 Å². The number of amides is 1. The van der Waals surface area contributed by atoms with Gasteiger partial charge in [-0.3, -0.25) is 9.59 Å². The molecule has 1 amide bonds. The van der Waals surface area contributed by atoms with Gasteiger partial charge in [0.2, 0.25) is 5.91 Å². The number of aryl methyl sites for hydroxylation is 3. The fourth-order valence-corrected chi connectivity index (χ4v) is 2.52. The van der Waals surface area contributed by atoms with Gasteiger partial charge in [0.15, 0.2) is 11.5 Å². The van der Waals surface area contributed by atoms with Crippen molar-refractivity contribution in [2.45, 2.75) is 20.4 Å². The summed E-state index contributed by atoms with van der Waals surface area (Å²) >= 11 is 0. The molecule has 8 nitrogen and oxygen atoms in total. The number of carbonyl (C=O) groups is 1. The summed E-state index contributed by atoms with van der Waals surface area (Å²) in [5.74, 6) is -0.613. The number of nitrogens with two attached hydrogens (primary N) is 1. The van der Waals surface area contributed by atoms with Crippen LogP contribution in [0.1, 0.15) is 11.1 Å². The van der Waals surface area contributed by atoms with Crippen molar-refractivity contribution in [3.8, 4) is 11.5 Å². The maximum Gasteiger partial charge on any atom is 0.353 e. The molecule has 118 valence electrons. The Balaban J connectivity index is 2.47. The Morgan fingerprint density at radius 2 is 1.83 bits per heavy atom. The summed E-state index contributed by atoms with van der Waals surface area (Å²) in [6.07, 6.45) is 0. The van der Waals surface area contributed by atoms with Gasteiger partial charge in [0.1, 0.15) is 6.54 Å². The van der Waals surface area contributed by atoms with Gasteiger partial charge in [-0.1, -0.05) is 0 Å². The highest BCUT2D eigenvalue weighted by Crippen LogP contribution is 2.22. The van der Waals surface area contributed by atoms with Gasteiger partial charge in [0, 0.05) is 7.05 Å². The lowest BCUT2D eigenvalue weighted by atomic mass is 10.1. The summed E-state index contributed by atoms with van der Waals surface area (Å²) < 4.78 is 2.35. The van der Waals surface area contributed by atoms with E-state index in [-0.39, 0.29) is 11.5 Å². The molecule has 0 atom stereocenters. The van der Waals surface area contributed by atoms with Crippen LogP contribution in [0.2, 0.25) is 0 Å². The Labute approximate surface area is 130 Å². The van der Waals surface area contributed by atoms with Crippen molar-refractivity contribution in [3.63, 3.8) is 0 Å². The maximum absolute atomic E-state index is 12.5. The third-order valence-electron chi connectivity index (χ3n) is 3.91. The van der Waals surface area contributed by atoms with E-state index in [1.807, 2.05) is 26.0 Å². The summed E-state index contributed by atoms with van der Waals surface area (Å²) in [7, 11) is 1.71. The average molecular weight is 313 g/mol. The Morgan fingerprint density at radius 1 is 1.17 bits per heavy atom. The number of primary amides is 1. The third kappa shape index (κ3) is 2.28. The first kappa shape index (κ1) is 14.9. The molecule has 3 rings (SSSR count). The summed E-state index contributed by atoms with van der Waals surface area (Å²) in [4.78, 5) is 43.7. The zero-order valence-electron chi connectivity index (χ0n) is 13.0. The highest BCUT2D eigenvalue weighted by atomic mass is 16.2. The lowest BCUT2D eigenvalue weighted by Crippen LogP contribution is -2.41. The molecule has 0 saturated heterocycles. The topological polar surface area (TPSA) is 113 Å². The smallest absolute Gasteiger partial charge is 0.353 e. The molecule has 0 fully saturated rings. The van der Waals surface area contributed by atoms with E-state index < -0.39 is 23.7 Å². The van der Waals surface area contributed by atoms with Crippen LogP contribution < -0.4 is 17.0 Å². The van der Waals surface area contributed by atoms with Gasteiger partial charge in [-0.05, 0) is 37.1 Å². The number of hydrogen-bond acceptors (Lipinski definition) is 5. The fourth-order valence-electron chi connectivity index (χ4n) is 2.52. The van der Waals surface area contributed by atoms with E-state index in [9.17, 15) is 14.4 Å². The fraction of sp³-hybridized carbons (Fsp3) is 0.267. The molecule has 2 heterocycles. The van der Waals surface area contributed by atoms with E-state index in [0.29, 0.717) is 10.1 Å². The highest BCUT2D eigenvalue weighted by molar-refractivity contribution is 5.81. The van der Waals surface area contributed by atoms with E-state index in [4.69, 9.17) is 5.73 Å². The Bertz CT molecular complexity index is 1050. The number of nitrogens with zero attached hydrogens (tertiary/aromatic N) is 4. The largest absolute Gasteiger partial charge is 0.368 e. The van der Waals surface area contributed by atoms with Gasteiger partial charge < -0.3 is 10.3 Å². The summed E-state index contributed by atoms with van der Waals surface area (Å²) in [6, 6.07) is 3.80. The molecule has 2 aliphatic rings. The van der Waals surface area contributed by atoms with Crippen LogP contribution in [0.25, 0.3) is 22.6 Å². The highest BCUT2D eigenvalue weighted by Gasteiger charge is 2.20. The average Bonchev–Trinajstić information content (AvgIpc) is 2.47. The standard InChI is InChI=1S/C15H15N5O3/c1-7-4-9-10(5-8(7)2)19(3)13-12(17-9)14(22)20(6-11(16)21)15(23)18-13/h4-5H,6H2,1-3H3,(H2,16,21). The molecule has 2 N–H and O–H groups in total. The molecular formula is C15H15N5O3. The normalized spacial score (nSPS) is 11.3. The van der Waals surface area contributed by atoms with Gasteiger partial charge in [-0.15, -0.1) is 0 Å². The number of hydrogen-bond donors (Lipinski definition) is 1. The zero-order valence-corrected chi connectivity index (χ0v) is 13.0. The van der Waals surface area contributed by atoms with Gasteiger partial charge >= 0.3 is 5.69 Å². The number of rotatable bonds is 2. The molecule has 0 saturated carbocycles. The van der Waals surface area contributed by atoms with Gasteiger partial charge in [-0.2, -0.15) is 4.98 Å². The van der Waals surface area contributed by atoms with Crippen LogP contribution in [0.3, 0.4) is 0 Å². The second-order valence-corrected chi connectivity index (χ2v) is 5.52. The molecule has 0 aliphatic carbocycles. The maximum atomic E-state index is 12.5. The van der Waals surface area contributed by atoms with Crippen molar-refractivity contribution in [1.82, 2.24) is 19.1 Å². The van der Waals surface area contributed by atoms with Crippen molar-refractivity contribution >= 4 is 16.9 Å². The van der Waals surface area contributed by atoms with Crippen LogP contribution in [-0.2, 0) is 18.4 Å². The van der Waals surface area contributed by atoms with Gasteiger partial charge in [0.05, 0.1) is 11.0 Å². The monoisotopic (exact) mass is 313 g/mol. The van der Waals surface area contributed by atoms with Crippen LogP contribution in [0.15, 0.2) is 21.7 Å². The van der Waals surface area contributed by atoms with Crippen LogP contribution >= 0.6 is 0 Å². The predicted molar refractivity (Wildman–Crippen MR) is 84.3 cm³/mol. The lowest BCUT2D eigenvalue weighted by Gasteiger charge is -2.15. The Morgan fingerprint density at radius 3 is 2.48 bits per heavy atom. The minimum atomic E-state index is -0.818. The summed E-state index contributed by atoms with van der Waals surface area (Å²) in [6.45, 7) is 3.40. The first-order valence-electron chi connectivity index (χ1n) is 6.96. The second-order valence-electron chi connectivity index (χ2n) is 5.52. The van der Waals surface area contributed by atoms with E-state index in [0.717, 1.165) is 16.6 Å². The second kappa shape index (κ2) is 5.01. The third-order valence-corrected chi connectivity index (χ3v) is 3.91. The Kier molecular flexibility index (Phi) is 3.24. The minimum Gasteiger partial charge on any atom is -0.368 e. The number of carbonyl (C=O) groups excluding carboxylic acids is 1. The quantitative estimate of drug-likeness (QED) is 0.652. The van der Waals surface area contributed by atoms with E-state index in [1.165, 1.54) is 0 Å². The predicted octanol–water partition coefficient (Wildman–Crippen LogP) is -0.303. The molecule has 0 aromatic heterocycles. The number of fused-ring (bicyclic) bond motifs is 2. The molecule has 2 aliphatic heterocycles. The van der Waals surface area contributed by atoms with E-state index in [2.05, 4.69) is 9.97 Å². The molecular weight excluding hydrogens is 298 g/mol. The van der Waals surface area contributed by atoms with Crippen molar-refractivity contribution in [2.75, 3.05) is 0 Å². The summed E-state index contributed by atoms with van der Waals surface area (Å²) in [5.41, 5.74) is 7.10. The van der Waals surface area contributed by atoms with Crippen LogP contribution in [0, 0.1) is 13.8 Å². The molecule has 8 heteroatoms. The van der Waals surface area contributed by atoms with Crippen LogP contribution in [0.5, 0.6) is 0 Å². The van der Waals surface area contributed by atoms with Crippen molar-refractivity contribution in [3.05, 3.63) is 44.1 Å². The Hall–Kier alpha value is -3.03.